The van der Waals surface area contributed by atoms with Gasteiger partial charge in [-0.15, -0.1) is 0 Å². The van der Waals surface area contributed by atoms with E-state index in [1.54, 1.807) is 17.9 Å². The van der Waals surface area contributed by atoms with Gasteiger partial charge in [0.05, 0.1) is 11.3 Å². The first-order valence-electron chi connectivity index (χ1n) is 5.24. The first-order valence-corrected chi connectivity index (χ1v) is 7.11. The number of hydrogen-bond acceptors (Lipinski definition) is 2. The van der Waals surface area contributed by atoms with Crippen LogP contribution in [0.2, 0.25) is 0 Å². The number of benzene rings is 1. The Morgan fingerprint density at radius 1 is 1.50 bits per heavy atom. The minimum atomic E-state index is -0.140. The summed E-state index contributed by atoms with van der Waals surface area (Å²) in [5.74, 6) is -0.140. The van der Waals surface area contributed by atoms with Gasteiger partial charge in [-0.1, -0.05) is 0 Å². The number of halogens is 2. The number of aryl methyl sites for hydroxylation is 2. The van der Waals surface area contributed by atoms with Gasteiger partial charge in [-0.05, 0) is 63.6 Å². The van der Waals surface area contributed by atoms with E-state index in [1.165, 1.54) is 0 Å². The minimum Gasteiger partial charge on any atom is -0.322 e. The maximum Gasteiger partial charge on any atom is 0.259 e. The molecule has 0 unspecified atom stereocenters. The zero-order valence-corrected chi connectivity index (χ0v) is 13.6. The highest BCUT2D eigenvalue weighted by atomic mass is 127. The second-order valence-corrected chi connectivity index (χ2v) is 5.90. The summed E-state index contributed by atoms with van der Waals surface area (Å²) in [6.07, 6.45) is 1.72. The number of nitrogens with zero attached hydrogens (tertiary/aromatic N) is 2. The average molecular weight is 420 g/mol. The summed E-state index contributed by atoms with van der Waals surface area (Å²) < 4.78 is 3.70. The van der Waals surface area contributed by atoms with Gasteiger partial charge in [-0.2, -0.15) is 5.10 Å². The third-order valence-corrected chi connectivity index (χ3v) is 4.76. The van der Waals surface area contributed by atoms with Crippen LogP contribution in [-0.2, 0) is 7.05 Å². The van der Waals surface area contributed by atoms with Crippen LogP contribution < -0.4 is 5.32 Å². The lowest BCUT2D eigenvalue weighted by molar-refractivity contribution is 0.102. The molecule has 0 saturated carbocycles. The fourth-order valence-electron chi connectivity index (χ4n) is 1.59. The molecule has 1 amide bonds. The molecule has 0 spiro atoms. The Hall–Kier alpha value is -0.890. The predicted molar refractivity (Wildman–Crippen MR) is 82.8 cm³/mol. The van der Waals surface area contributed by atoms with E-state index < -0.39 is 0 Å². The van der Waals surface area contributed by atoms with E-state index in [1.807, 2.05) is 25.1 Å². The molecule has 1 heterocycles. The molecule has 6 heteroatoms. The molecule has 1 aromatic carbocycles. The van der Waals surface area contributed by atoms with E-state index in [2.05, 4.69) is 48.9 Å². The molecule has 2 rings (SSSR count). The number of aromatic nitrogens is 2. The van der Waals surface area contributed by atoms with E-state index in [0.29, 0.717) is 5.56 Å². The van der Waals surface area contributed by atoms with Crippen molar-refractivity contribution in [2.24, 2.45) is 7.05 Å². The Morgan fingerprint density at radius 3 is 2.78 bits per heavy atom. The molecule has 0 aliphatic rings. The highest BCUT2D eigenvalue weighted by molar-refractivity contribution is 14.1. The molecule has 1 N–H and O–H groups in total. The van der Waals surface area contributed by atoms with E-state index in [4.69, 9.17) is 0 Å². The van der Waals surface area contributed by atoms with Gasteiger partial charge in [0.25, 0.3) is 5.91 Å². The van der Waals surface area contributed by atoms with Crippen LogP contribution in [-0.4, -0.2) is 15.7 Å². The Kier molecular flexibility index (Phi) is 4.06. The monoisotopic (exact) mass is 419 g/mol. The number of carbonyl (C=O) groups is 1. The molecule has 0 aliphatic heterocycles. The van der Waals surface area contributed by atoms with Crippen LogP contribution in [0.1, 0.15) is 16.1 Å². The number of nitrogens with one attached hydrogen (secondary N) is 1. The molecule has 2 aromatic rings. The quantitative estimate of drug-likeness (QED) is 0.759. The third kappa shape index (κ3) is 2.92. The van der Waals surface area contributed by atoms with Crippen molar-refractivity contribution in [2.75, 3.05) is 5.32 Å². The second kappa shape index (κ2) is 5.40. The van der Waals surface area contributed by atoms with E-state index in [-0.39, 0.29) is 5.91 Å². The Bertz CT molecular complexity index is 609. The van der Waals surface area contributed by atoms with Crippen molar-refractivity contribution in [2.45, 2.75) is 6.92 Å². The van der Waals surface area contributed by atoms with Crippen LogP contribution in [0.15, 0.2) is 28.9 Å². The van der Waals surface area contributed by atoms with Gasteiger partial charge in [0.15, 0.2) is 0 Å². The summed E-state index contributed by atoms with van der Waals surface area (Å²) in [6, 6.07) is 5.68. The fraction of sp³-hybridized carbons (Fsp3) is 0.167. The zero-order chi connectivity index (χ0) is 13.3. The molecule has 0 fully saturated rings. The van der Waals surface area contributed by atoms with Crippen molar-refractivity contribution in [3.63, 3.8) is 0 Å². The SMILES string of the molecule is Cc1nn(C)cc1C(=O)Nc1ccc(Br)c(I)c1. The van der Waals surface area contributed by atoms with Crippen LogP contribution in [0.5, 0.6) is 0 Å². The second-order valence-electron chi connectivity index (χ2n) is 3.88. The number of rotatable bonds is 2. The van der Waals surface area contributed by atoms with Crippen molar-refractivity contribution in [3.8, 4) is 0 Å². The van der Waals surface area contributed by atoms with Crippen molar-refractivity contribution in [1.82, 2.24) is 9.78 Å². The maximum absolute atomic E-state index is 12.1. The highest BCUT2D eigenvalue weighted by Gasteiger charge is 2.12. The summed E-state index contributed by atoms with van der Waals surface area (Å²) in [4.78, 5) is 12.1. The first kappa shape index (κ1) is 13.5. The topological polar surface area (TPSA) is 46.9 Å². The first-order chi connectivity index (χ1) is 8.47. The van der Waals surface area contributed by atoms with Crippen LogP contribution in [0.3, 0.4) is 0 Å². The smallest absolute Gasteiger partial charge is 0.259 e. The summed E-state index contributed by atoms with van der Waals surface area (Å²) in [6.45, 7) is 1.82. The molecule has 0 atom stereocenters. The number of carbonyl (C=O) groups excluding carboxylic acids is 1. The normalized spacial score (nSPS) is 10.4. The van der Waals surface area contributed by atoms with Gasteiger partial charge in [0.1, 0.15) is 0 Å². The van der Waals surface area contributed by atoms with Gasteiger partial charge >= 0.3 is 0 Å². The average Bonchev–Trinajstić information content (AvgIpc) is 2.63. The largest absolute Gasteiger partial charge is 0.322 e. The lowest BCUT2D eigenvalue weighted by Gasteiger charge is -2.05. The van der Waals surface area contributed by atoms with Crippen molar-refractivity contribution >= 4 is 50.1 Å². The Morgan fingerprint density at radius 2 is 2.22 bits per heavy atom. The highest BCUT2D eigenvalue weighted by Crippen LogP contribution is 2.23. The molecule has 4 nitrogen and oxygen atoms in total. The maximum atomic E-state index is 12.1. The van der Waals surface area contributed by atoms with Crippen molar-refractivity contribution in [1.29, 1.82) is 0 Å². The van der Waals surface area contributed by atoms with Crippen LogP contribution >= 0.6 is 38.5 Å². The van der Waals surface area contributed by atoms with Gasteiger partial charge in [0, 0.05) is 27.0 Å². The number of amides is 1. The summed E-state index contributed by atoms with van der Waals surface area (Å²) in [7, 11) is 1.80. The summed E-state index contributed by atoms with van der Waals surface area (Å²) in [5.41, 5.74) is 2.09. The van der Waals surface area contributed by atoms with E-state index in [0.717, 1.165) is 19.4 Å². The van der Waals surface area contributed by atoms with Crippen LogP contribution in [0.25, 0.3) is 0 Å². The molecule has 18 heavy (non-hydrogen) atoms. The Balaban J connectivity index is 2.21. The van der Waals surface area contributed by atoms with Gasteiger partial charge in [-0.3, -0.25) is 9.48 Å². The lowest BCUT2D eigenvalue weighted by atomic mass is 10.2. The minimum absolute atomic E-state index is 0.140. The molecular weight excluding hydrogens is 409 g/mol. The molecule has 0 saturated heterocycles. The molecular formula is C12H11BrIN3O. The molecule has 0 bridgehead atoms. The molecule has 0 radical (unpaired) electrons. The third-order valence-electron chi connectivity index (χ3n) is 2.44. The lowest BCUT2D eigenvalue weighted by Crippen LogP contribution is -2.12. The van der Waals surface area contributed by atoms with Crippen molar-refractivity contribution in [3.05, 3.63) is 43.7 Å². The summed E-state index contributed by atoms with van der Waals surface area (Å²) >= 11 is 5.63. The van der Waals surface area contributed by atoms with Crippen LogP contribution in [0.4, 0.5) is 5.69 Å². The summed E-state index contributed by atoms with van der Waals surface area (Å²) in [5, 5.41) is 7.01. The number of anilines is 1. The number of hydrogen-bond donors (Lipinski definition) is 1. The Labute approximate surface area is 127 Å². The van der Waals surface area contributed by atoms with Crippen LogP contribution in [0, 0.1) is 10.5 Å². The predicted octanol–water partition coefficient (Wildman–Crippen LogP) is 3.35. The van der Waals surface area contributed by atoms with E-state index >= 15 is 0 Å². The fourth-order valence-corrected chi connectivity index (χ4v) is 2.36. The molecule has 1 aromatic heterocycles. The van der Waals surface area contributed by atoms with E-state index in [9.17, 15) is 4.79 Å². The van der Waals surface area contributed by atoms with Gasteiger partial charge < -0.3 is 5.32 Å². The van der Waals surface area contributed by atoms with Gasteiger partial charge in [-0.25, -0.2) is 0 Å². The standard InChI is InChI=1S/C12H11BrIN3O/c1-7-9(6-17(2)16-7)12(18)15-8-3-4-10(13)11(14)5-8/h3-6H,1-2H3,(H,15,18). The molecule has 0 aliphatic carbocycles. The van der Waals surface area contributed by atoms with Gasteiger partial charge in [0.2, 0.25) is 0 Å². The zero-order valence-electron chi connectivity index (χ0n) is 9.87. The molecule has 94 valence electrons. The van der Waals surface area contributed by atoms with Crippen molar-refractivity contribution < 1.29 is 4.79 Å².